The van der Waals surface area contributed by atoms with Gasteiger partial charge in [0.2, 0.25) is 5.88 Å². The number of hydrogen-bond acceptors (Lipinski definition) is 5. The van der Waals surface area contributed by atoms with Crippen LogP contribution in [-0.2, 0) is 11.3 Å². The van der Waals surface area contributed by atoms with Crippen LogP contribution < -0.4 is 10.1 Å². The molecule has 0 aliphatic rings. The number of ether oxygens (including phenoxy) is 2. The molecule has 1 N–H and O–H groups in total. The van der Waals surface area contributed by atoms with E-state index in [2.05, 4.69) is 31.2 Å². The molecule has 5 nitrogen and oxygen atoms in total. The van der Waals surface area contributed by atoms with Gasteiger partial charge in [0.15, 0.2) is 5.82 Å². The van der Waals surface area contributed by atoms with Crippen LogP contribution in [0.5, 0.6) is 11.6 Å². The molecule has 0 saturated carbocycles. The van der Waals surface area contributed by atoms with Crippen molar-refractivity contribution in [2.24, 2.45) is 0 Å². The lowest BCUT2D eigenvalue weighted by Gasteiger charge is -2.09. The average molecular weight is 338 g/mol. The fraction of sp³-hybridized carbons (Fsp3) is 0.286. The van der Waals surface area contributed by atoms with Gasteiger partial charge >= 0.3 is 0 Å². The molecule has 0 unspecified atom stereocenters. The van der Waals surface area contributed by atoms with Crippen LogP contribution in [0.15, 0.2) is 34.8 Å². The molecular weight excluding hydrogens is 322 g/mol. The minimum absolute atomic E-state index is 0.362. The van der Waals surface area contributed by atoms with Crippen LogP contribution in [0.1, 0.15) is 12.7 Å². The molecule has 0 aliphatic heterocycles. The van der Waals surface area contributed by atoms with Gasteiger partial charge in [-0.3, -0.25) is 0 Å². The first-order valence-corrected chi connectivity index (χ1v) is 7.07. The summed E-state index contributed by atoms with van der Waals surface area (Å²) in [6.45, 7) is 2.91. The maximum absolute atomic E-state index is 5.75. The average Bonchev–Trinajstić information content (AvgIpc) is 2.45. The Labute approximate surface area is 126 Å². The summed E-state index contributed by atoms with van der Waals surface area (Å²) in [4.78, 5) is 8.64. The molecular formula is C14H16BrN3O2. The summed E-state index contributed by atoms with van der Waals surface area (Å²) in [6, 6.07) is 9.33. The van der Waals surface area contributed by atoms with Crippen molar-refractivity contribution in [3.05, 3.63) is 40.6 Å². The van der Waals surface area contributed by atoms with Gasteiger partial charge in [-0.2, -0.15) is 4.98 Å². The van der Waals surface area contributed by atoms with Crippen molar-refractivity contribution in [3.8, 4) is 11.6 Å². The van der Waals surface area contributed by atoms with Crippen LogP contribution in [0.2, 0.25) is 0 Å². The highest BCUT2D eigenvalue weighted by Gasteiger charge is 2.06. The maximum Gasteiger partial charge on any atom is 0.224 e. The van der Waals surface area contributed by atoms with E-state index in [9.17, 15) is 0 Å². The van der Waals surface area contributed by atoms with Crippen LogP contribution in [0.25, 0.3) is 0 Å². The molecule has 0 fully saturated rings. The molecule has 106 valence electrons. The number of nitrogens with one attached hydrogen (secondary N) is 1. The Morgan fingerprint density at radius 1 is 1.25 bits per heavy atom. The molecule has 0 aliphatic carbocycles. The molecule has 1 aromatic carbocycles. The fourth-order valence-electron chi connectivity index (χ4n) is 1.56. The Morgan fingerprint density at radius 2 is 2.10 bits per heavy atom. The van der Waals surface area contributed by atoms with Crippen LogP contribution in [0, 0.1) is 0 Å². The van der Waals surface area contributed by atoms with Crippen molar-refractivity contribution in [1.29, 1.82) is 0 Å². The number of aromatic nitrogens is 2. The molecule has 0 amide bonds. The van der Waals surface area contributed by atoms with Crippen molar-refractivity contribution in [3.63, 3.8) is 0 Å². The number of nitrogens with zero attached hydrogens (tertiary/aromatic N) is 2. The van der Waals surface area contributed by atoms with E-state index in [0.29, 0.717) is 36.5 Å². The molecule has 0 atom stereocenters. The lowest BCUT2D eigenvalue weighted by atomic mass is 10.3. The van der Waals surface area contributed by atoms with Crippen molar-refractivity contribution in [2.45, 2.75) is 13.5 Å². The summed E-state index contributed by atoms with van der Waals surface area (Å²) in [5.41, 5.74) is 0. The lowest BCUT2D eigenvalue weighted by Crippen LogP contribution is -2.04. The zero-order valence-corrected chi connectivity index (χ0v) is 13.0. The topological polar surface area (TPSA) is 56.3 Å². The first-order valence-electron chi connectivity index (χ1n) is 6.28. The smallest absolute Gasteiger partial charge is 0.224 e. The van der Waals surface area contributed by atoms with E-state index in [-0.39, 0.29) is 0 Å². The Morgan fingerprint density at radius 3 is 2.80 bits per heavy atom. The molecule has 0 spiro atoms. The first-order chi connectivity index (χ1) is 9.71. The zero-order chi connectivity index (χ0) is 14.4. The molecule has 2 rings (SSSR count). The van der Waals surface area contributed by atoms with E-state index in [1.54, 1.807) is 13.1 Å². The second kappa shape index (κ2) is 7.21. The minimum Gasteiger partial charge on any atom is -0.439 e. The molecule has 1 heterocycles. The third-order valence-electron chi connectivity index (χ3n) is 2.46. The summed E-state index contributed by atoms with van der Waals surface area (Å²) in [6.07, 6.45) is 0. The number of hydrogen-bond donors (Lipinski definition) is 1. The van der Waals surface area contributed by atoms with E-state index < -0.39 is 0 Å². The largest absolute Gasteiger partial charge is 0.439 e. The monoisotopic (exact) mass is 337 g/mol. The Balaban J connectivity index is 2.21. The quantitative estimate of drug-likeness (QED) is 0.872. The third kappa shape index (κ3) is 4.18. The molecule has 2 aromatic rings. The summed E-state index contributed by atoms with van der Waals surface area (Å²) >= 11 is 3.41. The summed E-state index contributed by atoms with van der Waals surface area (Å²) < 4.78 is 12.0. The van der Waals surface area contributed by atoms with Gasteiger partial charge in [0.05, 0.1) is 0 Å². The normalized spacial score (nSPS) is 10.3. The van der Waals surface area contributed by atoms with E-state index in [1.807, 2.05) is 31.2 Å². The second-order valence-corrected chi connectivity index (χ2v) is 4.87. The highest BCUT2D eigenvalue weighted by Crippen LogP contribution is 2.24. The van der Waals surface area contributed by atoms with Gasteiger partial charge in [0, 0.05) is 24.2 Å². The Hall–Kier alpha value is -1.66. The summed E-state index contributed by atoms with van der Waals surface area (Å²) in [7, 11) is 1.80. The van der Waals surface area contributed by atoms with Crippen LogP contribution >= 0.6 is 15.9 Å². The maximum atomic E-state index is 5.75. The summed E-state index contributed by atoms with van der Waals surface area (Å²) in [5.74, 6) is 2.48. The fourth-order valence-corrected chi connectivity index (χ4v) is 1.94. The number of rotatable bonds is 6. The Kier molecular flexibility index (Phi) is 5.31. The van der Waals surface area contributed by atoms with Gasteiger partial charge in [0.1, 0.15) is 18.2 Å². The van der Waals surface area contributed by atoms with Crippen molar-refractivity contribution >= 4 is 21.7 Å². The number of anilines is 1. The second-order valence-electron chi connectivity index (χ2n) is 3.95. The molecule has 0 radical (unpaired) electrons. The predicted molar refractivity (Wildman–Crippen MR) is 81.1 cm³/mol. The van der Waals surface area contributed by atoms with E-state index in [0.717, 1.165) is 4.47 Å². The van der Waals surface area contributed by atoms with E-state index >= 15 is 0 Å². The third-order valence-corrected chi connectivity index (χ3v) is 2.95. The van der Waals surface area contributed by atoms with Crippen LogP contribution in [0.3, 0.4) is 0 Å². The molecule has 6 heteroatoms. The van der Waals surface area contributed by atoms with Crippen molar-refractivity contribution in [2.75, 3.05) is 19.0 Å². The van der Waals surface area contributed by atoms with Gasteiger partial charge in [-0.15, -0.1) is 0 Å². The van der Waals surface area contributed by atoms with Gasteiger partial charge in [-0.05, 0) is 25.1 Å². The van der Waals surface area contributed by atoms with Gasteiger partial charge in [0.25, 0.3) is 0 Å². The van der Waals surface area contributed by atoms with Crippen molar-refractivity contribution < 1.29 is 9.47 Å². The molecule has 20 heavy (non-hydrogen) atoms. The van der Waals surface area contributed by atoms with Gasteiger partial charge in [-0.1, -0.05) is 22.0 Å². The highest BCUT2D eigenvalue weighted by molar-refractivity contribution is 9.10. The van der Waals surface area contributed by atoms with E-state index in [4.69, 9.17) is 9.47 Å². The van der Waals surface area contributed by atoms with Crippen LogP contribution in [-0.4, -0.2) is 23.6 Å². The van der Waals surface area contributed by atoms with Gasteiger partial charge in [-0.25, -0.2) is 4.98 Å². The molecule has 0 bridgehead atoms. The minimum atomic E-state index is 0.362. The van der Waals surface area contributed by atoms with Crippen molar-refractivity contribution in [1.82, 2.24) is 9.97 Å². The predicted octanol–water partition coefficient (Wildman–Crippen LogP) is 3.61. The molecule has 1 aromatic heterocycles. The zero-order valence-electron chi connectivity index (χ0n) is 11.4. The highest BCUT2D eigenvalue weighted by atomic mass is 79.9. The molecule has 0 saturated heterocycles. The van der Waals surface area contributed by atoms with E-state index in [1.165, 1.54) is 0 Å². The Bertz CT molecular complexity index is 578. The van der Waals surface area contributed by atoms with Gasteiger partial charge < -0.3 is 14.8 Å². The SMILES string of the molecule is CCOCc1nc(NC)cc(Oc2cccc(Br)c2)n1. The number of halogens is 1. The first kappa shape index (κ1) is 14.7. The lowest BCUT2D eigenvalue weighted by molar-refractivity contribution is 0.128. The number of benzene rings is 1. The standard InChI is InChI=1S/C14H16BrN3O2/c1-3-19-9-13-17-12(16-2)8-14(18-13)20-11-6-4-5-10(15)7-11/h4-8H,3,9H2,1-2H3,(H,16,17,18). The summed E-state index contributed by atoms with van der Waals surface area (Å²) in [5, 5.41) is 2.99. The van der Waals surface area contributed by atoms with Crippen LogP contribution in [0.4, 0.5) is 5.82 Å².